The minimum atomic E-state index is -1.50. The number of nitrogens with one attached hydrogen (secondary N) is 4. The highest BCUT2D eigenvalue weighted by Crippen LogP contribution is 2.37. The van der Waals surface area contributed by atoms with E-state index >= 15 is 9.59 Å². The molecule has 25 nitrogen and oxygen atoms in total. The Morgan fingerprint density at radius 1 is 0.632 bits per heavy atom. The molecule has 87 heavy (non-hydrogen) atoms. The molecule has 0 aromatic rings. The molecule has 25 heteroatoms. The van der Waals surface area contributed by atoms with Crippen molar-refractivity contribution in [2.75, 3.05) is 95.2 Å². The van der Waals surface area contributed by atoms with E-state index in [9.17, 15) is 53.1 Å². The summed E-state index contributed by atoms with van der Waals surface area (Å²) in [5, 5.41) is 21.7. The maximum Gasteiger partial charge on any atom is 0.248 e. The van der Waals surface area contributed by atoms with Crippen molar-refractivity contribution in [3.05, 3.63) is 0 Å². The van der Waals surface area contributed by atoms with Crippen LogP contribution in [0.4, 0.5) is 0 Å². The van der Waals surface area contributed by atoms with Crippen LogP contribution in [0, 0.1) is 17.8 Å². The molecule has 2 heterocycles. The zero-order valence-electron chi connectivity index (χ0n) is 53.8. The van der Waals surface area contributed by atoms with Gasteiger partial charge in [0, 0.05) is 61.9 Å². The number of amides is 11. The fourth-order valence-corrected chi connectivity index (χ4v) is 13.4. The number of piperidine rings is 1. The lowest BCUT2D eigenvalue weighted by atomic mass is 9.81. The van der Waals surface area contributed by atoms with Crippen LogP contribution in [-0.4, -0.2) is 259 Å². The van der Waals surface area contributed by atoms with E-state index in [0.717, 1.165) is 70.6 Å². The summed E-state index contributed by atoms with van der Waals surface area (Å²) < 4.78 is 0. The molecular formula is C62H104N12O13. The van der Waals surface area contributed by atoms with Gasteiger partial charge in [-0.3, -0.25) is 52.7 Å². The Morgan fingerprint density at radius 3 is 1.83 bits per heavy atom. The maximum atomic E-state index is 15.4. The van der Waals surface area contributed by atoms with Gasteiger partial charge in [-0.05, 0) is 95.9 Å². The summed E-state index contributed by atoms with van der Waals surface area (Å²) in [4.78, 5) is 179. The standard InChI is InChI=1S/C62H104N12O13/c1-11-41(2)45(39-75)65-55(81)42(3)69(7)51(78)35-49(59(85)73-31-21-14-22-32-73)71(9)60(86)54(44-26-17-13-18-27-44)72(10)61(87)62(29-19-20-30-62)66-56(82)47-28-23-33-74(47)57(83)46(40-76)64-50(77)37-68(6)58(84)48(34-43-24-15-12-16-25-43)70(8)53(80)38-67(5)52(79)36-63-4/h39,41-49,54,63,76H,11-38,40H2,1-10H3,(H,64,77)(H,65,81)(H,66,82)/t41-,42+,45+,46-,47-,48-,49-,54-/m0/s1. The van der Waals surface area contributed by atoms with Crippen LogP contribution in [-0.2, 0) is 57.5 Å². The zero-order chi connectivity index (χ0) is 64.3. The van der Waals surface area contributed by atoms with Crippen LogP contribution in [0.3, 0.4) is 0 Å². The summed E-state index contributed by atoms with van der Waals surface area (Å²) in [6.45, 7) is 4.64. The monoisotopic (exact) mass is 1220 g/mol. The third-order valence-corrected chi connectivity index (χ3v) is 19.5. The quantitative estimate of drug-likeness (QED) is 0.0655. The van der Waals surface area contributed by atoms with Gasteiger partial charge in [-0.2, -0.15) is 0 Å². The first kappa shape index (κ1) is 71.5. The number of likely N-dealkylation sites (tertiary alicyclic amines) is 2. The highest BCUT2D eigenvalue weighted by Gasteiger charge is 2.51. The average Bonchev–Trinajstić information content (AvgIpc) is 1.94. The van der Waals surface area contributed by atoms with Crippen LogP contribution in [0.15, 0.2) is 0 Å². The number of nitrogens with zero attached hydrogens (tertiary/aromatic N) is 8. The zero-order valence-corrected chi connectivity index (χ0v) is 53.8. The molecular weight excluding hydrogens is 1120 g/mol. The lowest BCUT2D eigenvalue weighted by Gasteiger charge is -2.43. The minimum Gasteiger partial charge on any atom is -0.394 e. The van der Waals surface area contributed by atoms with Gasteiger partial charge in [0.2, 0.25) is 65.0 Å². The number of hydrogen-bond donors (Lipinski definition) is 5. The molecule has 3 aliphatic carbocycles. The smallest absolute Gasteiger partial charge is 0.248 e. The van der Waals surface area contributed by atoms with Crippen molar-refractivity contribution in [2.24, 2.45) is 17.8 Å². The van der Waals surface area contributed by atoms with E-state index in [0.29, 0.717) is 64.3 Å². The Labute approximate surface area is 515 Å². The second kappa shape index (κ2) is 33.9. The first-order chi connectivity index (χ1) is 41.4. The van der Waals surface area contributed by atoms with Gasteiger partial charge in [0.1, 0.15) is 48.1 Å². The normalized spacial score (nSPS) is 20.5. The van der Waals surface area contributed by atoms with Crippen LogP contribution in [0.5, 0.6) is 0 Å². The van der Waals surface area contributed by atoms with Gasteiger partial charge in [-0.25, -0.2) is 0 Å². The topological polar surface area (TPSA) is 299 Å². The maximum absolute atomic E-state index is 15.4. The molecule has 0 spiro atoms. The van der Waals surface area contributed by atoms with Crippen molar-refractivity contribution in [1.82, 2.24) is 60.5 Å². The Bertz CT molecular complexity index is 2410. The molecule has 490 valence electrons. The lowest BCUT2D eigenvalue weighted by Crippen LogP contribution is -2.65. The third kappa shape index (κ3) is 18.7. The number of aliphatic hydroxyl groups excluding tert-OH is 1. The molecule has 5 aliphatic rings. The molecule has 0 bridgehead atoms. The van der Waals surface area contributed by atoms with Crippen LogP contribution < -0.4 is 21.3 Å². The van der Waals surface area contributed by atoms with E-state index in [1.54, 1.807) is 19.0 Å². The largest absolute Gasteiger partial charge is 0.394 e. The van der Waals surface area contributed by atoms with Crippen molar-refractivity contribution < 1.29 is 62.6 Å². The van der Waals surface area contributed by atoms with Crippen LogP contribution in [0.1, 0.15) is 162 Å². The number of likely N-dealkylation sites (N-methyl/N-ethyl adjacent to an activating group) is 7. The molecule has 3 saturated carbocycles. The SMILES string of the molecule is CC[C@H](C)[C@@H](C=O)NC(=O)[C@@H](C)N(C)C(=O)C[C@@H](C(=O)N1CCCCC1)N(C)C(=O)[C@H](C1CCCCC1)N(C)C(=O)C1(NC(=O)[C@@H]2CCCN2C(=O)[C@H](CO)NC(=O)CN(C)C(=O)[C@H](CC2CCCCC2)N(C)C(=O)CN(C)C(=O)CNC)CCCC1. The predicted molar refractivity (Wildman–Crippen MR) is 324 cm³/mol. The van der Waals surface area contributed by atoms with Gasteiger partial charge in [0.15, 0.2) is 0 Å². The van der Waals surface area contributed by atoms with Crippen molar-refractivity contribution in [1.29, 1.82) is 0 Å². The van der Waals surface area contributed by atoms with Crippen molar-refractivity contribution in [3.63, 3.8) is 0 Å². The number of hydrogen-bond acceptors (Lipinski definition) is 14. The molecule has 2 aliphatic heterocycles. The Balaban J connectivity index is 1.32. The molecule has 0 radical (unpaired) electrons. The molecule has 11 amide bonds. The number of carbonyl (C=O) groups excluding carboxylic acids is 12. The molecule has 2 saturated heterocycles. The second-order valence-electron chi connectivity index (χ2n) is 25.6. The average molecular weight is 1230 g/mol. The van der Waals surface area contributed by atoms with E-state index in [2.05, 4.69) is 21.3 Å². The van der Waals surface area contributed by atoms with E-state index in [4.69, 9.17) is 0 Å². The van der Waals surface area contributed by atoms with Crippen LogP contribution in [0.25, 0.3) is 0 Å². The fourth-order valence-electron chi connectivity index (χ4n) is 13.4. The molecule has 5 N–H and O–H groups in total. The number of aliphatic hydroxyl groups is 1. The first-order valence-corrected chi connectivity index (χ1v) is 32.1. The van der Waals surface area contributed by atoms with Crippen molar-refractivity contribution in [2.45, 2.75) is 210 Å². The Kier molecular flexibility index (Phi) is 27.9. The summed E-state index contributed by atoms with van der Waals surface area (Å²) in [5.41, 5.74) is -1.49. The summed E-state index contributed by atoms with van der Waals surface area (Å²) in [6.07, 6.45) is 14.4. The van der Waals surface area contributed by atoms with Gasteiger partial charge in [0.05, 0.1) is 38.7 Å². The Morgan fingerprint density at radius 2 is 1.24 bits per heavy atom. The van der Waals surface area contributed by atoms with Gasteiger partial charge in [-0.15, -0.1) is 0 Å². The summed E-state index contributed by atoms with van der Waals surface area (Å²) in [5.74, 6) is -6.32. The van der Waals surface area contributed by atoms with E-state index in [1.165, 1.54) is 76.5 Å². The van der Waals surface area contributed by atoms with Gasteiger partial charge in [-0.1, -0.05) is 84.5 Å². The van der Waals surface area contributed by atoms with Gasteiger partial charge >= 0.3 is 0 Å². The van der Waals surface area contributed by atoms with E-state index in [1.807, 2.05) is 13.8 Å². The van der Waals surface area contributed by atoms with Crippen molar-refractivity contribution in [3.8, 4) is 0 Å². The van der Waals surface area contributed by atoms with E-state index < -0.39 is 126 Å². The summed E-state index contributed by atoms with van der Waals surface area (Å²) >= 11 is 0. The summed E-state index contributed by atoms with van der Waals surface area (Å²) in [7, 11) is 10.5. The van der Waals surface area contributed by atoms with Crippen LogP contribution >= 0.6 is 0 Å². The predicted octanol–water partition coefficient (Wildman–Crippen LogP) is 1.03. The van der Waals surface area contributed by atoms with Gasteiger partial charge in [0.25, 0.3) is 0 Å². The summed E-state index contributed by atoms with van der Waals surface area (Å²) in [6, 6.07) is -7.73. The second-order valence-corrected chi connectivity index (χ2v) is 25.6. The number of aldehydes is 1. The molecule has 5 fully saturated rings. The van der Waals surface area contributed by atoms with Crippen LogP contribution in [0.2, 0.25) is 0 Å². The molecule has 8 atom stereocenters. The third-order valence-electron chi connectivity index (χ3n) is 19.5. The van der Waals surface area contributed by atoms with E-state index in [-0.39, 0.29) is 62.6 Å². The highest BCUT2D eigenvalue weighted by atomic mass is 16.3. The fraction of sp³-hybridized carbons (Fsp3) is 0.806. The van der Waals surface area contributed by atoms with Gasteiger partial charge < -0.3 is 70.4 Å². The lowest BCUT2D eigenvalue weighted by molar-refractivity contribution is -0.157. The molecule has 0 aromatic carbocycles. The van der Waals surface area contributed by atoms with Crippen molar-refractivity contribution >= 4 is 71.3 Å². The molecule has 0 unspecified atom stereocenters. The number of carbonyl (C=O) groups is 12. The molecule has 5 rings (SSSR count). The molecule has 0 aromatic heterocycles. The Hall–Kier alpha value is -6.24. The number of rotatable bonds is 29. The highest BCUT2D eigenvalue weighted by molar-refractivity contribution is 6.00. The first-order valence-electron chi connectivity index (χ1n) is 32.1. The minimum absolute atomic E-state index is 0.0271.